The van der Waals surface area contributed by atoms with E-state index in [1.165, 1.54) is 0 Å². The van der Waals surface area contributed by atoms with Gasteiger partial charge >= 0.3 is 5.97 Å². The Labute approximate surface area is 110 Å². The molecule has 1 heterocycles. The number of carbonyl (C=O) groups excluding carboxylic acids is 1. The largest absolute Gasteiger partial charge is 0.481 e. The van der Waals surface area contributed by atoms with Gasteiger partial charge in [0.05, 0.1) is 12.6 Å². The Bertz CT molecular complexity index is 450. The molecule has 0 aliphatic heterocycles. The molecule has 0 spiro atoms. The molecule has 0 bridgehead atoms. The third-order valence-electron chi connectivity index (χ3n) is 2.32. The van der Waals surface area contributed by atoms with Gasteiger partial charge in [0.1, 0.15) is 5.69 Å². The number of anilines is 1. The number of nitrogens with zero attached hydrogens (tertiary/aromatic N) is 1. The smallest absolute Gasteiger partial charge is 0.303 e. The average molecular weight is 267 g/mol. The van der Waals surface area contributed by atoms with Crippen LogP contribution in [0.1, 0.15) is 19.8 Å². The van der Waals surface area contributed by atoms with Gasteiger partial charge in [0.15, 0.2) is 0 Å². The maximum absolute atomic E-state index is 11.8. The van der Waals surface area contributed by atoms with E-state index in [1.807, 2.05) is 0 Å². The molecule has 7 heteroatoms. The zero-order valence-electron chi connectivity index (χ0n) is 10.6. The highest BCUT2D eigenvalue weighted by Gasteiger charge is 2.16. The number of amides is 1. The molecule has 19 heavy (non-hydrogen) atoms. The summed E-state index contributed by atoms with van der Waals surface area (Å²) in [5, 5.41) is 11.1. The number of aliphatic carboxylic acids is 1. The van der Waals surface area contributed by atoms with Crippen LogP contribution in [-0.2, 0) is 9.59 Å². The number of carboxylic acids is 1. The van der Waals surface area contributed by atoms with Crippen LogP contribution in [0.5, 0.6) is 5.88 Å². The molecule has 0 saturated heterocycles. The van der Waals surface area contributed by atoms with Gasteiger partial charge in [0, 0.05) is 12.6 Å². The van der Waals surface area contributed by atoms with Crippen LogP contribution in [0, 0.1) is 0 Å². The Hall–Kier alpha value is -2.15. The summed E-state index contributed by atoms with van der Waals surface area (Å²) >= 11 is 0. The molecule has 0 aliphatic rings. The monoisotopic (exact) mass is 267 g/mol. The van der Waals surface area contributed by atoms with Crippen LogP contribution in [0.4, 0.5) is 5.69 Å². The van der Waals surface area contributed by atoms with Crippen LogP contribution in [-0.4, -0.2) is 34.6 Å². The second-order valence-corrected chi connectivity index (χ2v) is 3.82. The topological polar surface area (TPSA) is 115 Å². The molecular formula is C12H17N3O4. The first-order valence-corrected chi connectivity index (χ1v) is 5.90. The lowest BCUT2D eigenvalue weighted by molar-refractivity contribution is -0.137. The fourth-order valence-corrected chi connectivity index (χ4v) is 1.37. The van der Waals surface area contributed by atoms with Gasteiger partial charge in [0.2, 0.25) is 11.8 Å². The van der Waals surface area contributed by atoms with E-state index in [9.17, 15) is 9.59 Å². The minimum atomic E-state index is -0.986. The number of pyridine rings is 1. The van der Waals surface area contributed by atoms with E-state index in [1.54, 1.807) is 25.3 Å². The minimum absolute atomic E-state index is 0.0748. The summed E-state index contributed by atoms with van der Waals surface area (Å²) in [6.07, 6.45) is 1.47. The van der Waals surface area contributed by atoms with Crippen molar-refractivity contribution in [2.45, 2.75) is 25.8 Å². The summed E-state index contributed by atoms with van der Waals surface area (Å²) in [7, 11) is 0. The molecule has 1 aromatic rings. The Morgan fingerprint density at radius 1 is 1.58 bits per heavy atom. The lowest BCUT2D eigenvalue weighted by atomic mass is 10.1. The van der Waals surface area contributed by atoms with Crippen LogP contribution < -0.4 is 15.8 Å². The first kappa shape index (κ1) is 14.9. The Morgan fingerprint density at radius 2 is 2.32 bits per heavy atom. The van der Waals surface area contributed by atoms with Crippen molar-refractivity contribution >= 4 is 17.6 Å². The predicted octanol–water partition coefficient (Wildman–Crippen LogP) is 0.611. The fraction of sp³-hybridized carbons (Fsp3) is 0.417. The van der Waals surface area contributed by atoms with E-state index in [-0.39, 0.29) is 12.8 Å². The van der Waals surface area contributed by atoms with E-state index in [4.69, 9.17) is 15.6 Å². The number of hydrogen-bond acceptors (Lipinski definition) is 5. The Balaban J connectivity index is 2.63. The number of rotatable bonds is 7. The second kappa shape index (κ2) is 7.32. The summed E-state index contributed by atoms with van der Waals surface area (Å²) in [6.45, 7) is 2.23. The van der Waals surface area contributed by atoms with Gasteiger partial charge in [-0.25, -0.2) is 4.98 Å². The van der Waals surface area contributed by atoms with Crippen LogP contribution in [0.25, 0.3) is 0 Å². The molecular weight excluding hydrogens is 250 g/mol. The molecule has 1 aromatic heterocycles. The number of hydrogen-bond donors (Lipinski definition) is 3. The van der Waals surface area contributed by atoms with Crippen molar-refractivity contribution in [2.24, 2.45) is 5.73 Å². The van der Waals surface area contributed by atoms with Crippen LogP contribution in [0.3, 0.4) is 0 Å². The Morgan fingerprint density at radius 3 is 2.95 bits per heavy atom. The lowest BCUT2D eigenvalue weighted by Crippen LogP contribution is -2.36. The van der Waals surface area contributed by atoms with Crippen molar-refractivity contribution in [2.75, 3.05) is 11.9 Å². The third-order valence-corrected chi connectivity index (χ3v) is 2.32. The number of carboxylic acid groups (broad SMARTS) is 1. The van der Waals surface area contributed by atoms with Crippen molar-refractivity contribution in [1.29, 1.82) is 0 Å². The molecule has 1 amide bonds. The highest BCUT2D eigenvalue weighted by Crippen LogP contribution is 2.20. The normalized spacial score (nSPS) is 11.7. The van der Waals surface area contributed by atoms with Crippen molar-refractivity contribution in [3.8, 4) is 5.88 Å². The molecule has 7 nitrogen and oxygen atoms in total. The summed E-state index contributed by atoms with van der Waals surface area (Å²) < 4.78 is 5.26. The van der Waals surface area contributed by atoms with E-state index in [2.05, 4.69) is 10.3 Å². The molecule has 1 atom stereocenters. The van der Waals surface area contributed by atoms with E-state index >= 15 is 0 Å². The van der Waals surface area contributed by atoms with Gasteiger partial charge in [-0.1, -0.05) is 0 Å². The van der Waals surface area contributed by atoms with Crippen molar-refractivity contribution in [3.63, 3.8) is 0 Å². The maximum atomic E-state index is 11.8. The van der Waals surface area contributed by atoms with Gasteiger partial charge in [0.25, 0.3) is 0 Å². The summed E-state index contributed by atoms with van der Waals surface area (Å²) in [5.74, 6) is -1.14. The van der Waals surface area contributed by atoms with Crippen molar-refractivity contribution < 1.29 is 19.4 Å². The fourth-order valence-electron chi connectivity index (χ4n) is 1.37. The first-order chi connectivity index (χ1) is 9.04. The van der Waals surface area contributed by atoms with Gasteiger partial charge in [-0.05, 0) is 25.5 Å². The number of aromatic nitrogens is 1. The number of nitrogens with two attached hydrogens (primary N) is 1. The molecule has 1 rings (SSSR count). The number of ether oxygens (including phenoxy) is 1. The molecule has 1 unspecified atom stereocenters. The standard InChI is InChI=1S/C12H17N3O4/c1-2-19-12-9(4-3-7-14-12)15-11(18)8(13)5-6-10(16)17/h3-4,7-8H,2,5-6,13H2,1H3,(H,15,18)(H,16,17). The Kier molecular flexibility index (Phi) is 5.74. The zero-order chi connectivity index (χ0) is 14.3. The molecule has 0 radical (unpaired) electrons. The third kappa shape index (κ3) is 4.92. The van der Waals surface area contributed by atoms with Gasteiger partial charge < -0.3 is 20.9 Å². The number of nitrogens with one attached hydrogen (secondary N) is 1. The highest BCUT2D eigenvalue weighted by atomic mass is 16.5. The SMILES string of the molecule is CCOc1ncccc1NC(=O)C(N)CCC(=O)O. The summed E-state index contributed by atoms with van der Waals surface area (Å²) in [5.41, 5.74) is 6.02. The van der Waals surface area contributed by atoms with E-state index in [0.29, 0.717) is 18.2 Å². The van der Waals surface area contributed by atoms with Gasteiger partial charge in [-0.3, -0.25) is 9.59 Å². The van der Waals surface area contributed by atoms with Gasteiger partial charge in [-0.2, -0.15) is 0 Å². The van der Waals surface area contributed by atoms with Crippen LogP contribution in [0.2, 0.25) is 0 Å². The van der Waals surface area contributed by atoms with E-state index < -0.39 is 17.9 Å². The highest BCUT2D eigenvalue weighted by molar-refractivity contribution is 5.95. The van der Waals surface area contributed by atoms with Crippen molar-refractivity contribution in [3.05, 3.63) is 18.3 Å². The molecule has 0 fully saturated rings. The average Bonchev–Trinajstić information content (AvgIpc) is 2.38. The summed E-state index contributed by atoms with van der Waals surface area (Å²) in [6, 6.07) is 2.41. The molecule has 4 N–H and O–H groups in total. The molecule has 104 valence electrons. The first-order valence-electron chi connectivity index (χ1n) is 5.90. The second-order valence-electron chi connectivity index (χ2n) is 3.82. The van der Waals surface area contributed by atoms with Crippen LogP contribution in [0.15, 0.2) is 18.3 Å². The molecule has 0 aliphatic carbocycles. The quantitative estimate of drug-likeness (QED) is 0.666. The van der Waals surface area contributed by atoms with E-state index in [0.717, 1.165) is 0 Å². The van der Waals surface area contributed by atoms with Crippen molar-refractivity contribution in [1.82, 2.24) is 4.98 Å². The molecule has 0 saturated carbocycles. The van der Waals surface area contributed by atoms with Gasteiger partial charge in [-0.15, -0.1) is 0 Å². The van der Waals surface area contributed by atoms with Crippen LogP contribution >= 0.6 is 0 Å². The minimum Gasteiger partial charge on any atom is -0.481 e. The lowest BCUT2D eigenvalue weighted by Gasteiger charge is -2.13. The maximum Gasteiger partial charge on any atom is 0.303 e. The summed E-state index contributed by atoms with van der Waals surface area (Å²) in [4.78, 5) is 26.2. The molecule has 0 aromatic carbocycles. The zero-order valence-corrected chi connectivity index (χ0v) is 10.6. The number of carbonyl (C=O) groups is 2. The predicted molar refractivity (Wildman–Crippen MR) is 68.9 cm³/mol.